The van der Waals surface area contributed by atoms with Crippen LogP contribution >= 0.6 is 0 Å². The molecule has 0 aliphatic carbocycles. The van der Waals surface area contributed by atoms with Crippen LogP contribution in [-0.4, -0.2) is 49.1 Å². The highest BCUT2D eigenvalue weighted by Gasteiger charge is 2.28. The lowest BCUT2D eigenvalue weighted by molar-refractivity contribution is -0.385. The van der Waals surface area contributed by atoms with Crippen LogP contribution in [-0.2, 0) is 11.3 Å². The summed E-state index contributed by atoms with van der Waals surface area (Å²) in [5.41, 5.74) is -0.0124. The van der Waals surface area contributed by atoms with E-state index in [9.17, 15) is 23.7 Å². The van der Waals surface area contributed by atoms with Crippen molar-refractivity contribution in [2.75, 3.05) is 26.7 Å². The molecule has 0 spiro atoms. The number of nitrogens with zero attached hydrogens (tertiary/aromatic N) is 2. The average Bonchev–Trinajstić information content (AvgIpc) is 2.62. The number of methoxy groups -OCH3 is 1. The molecule has 1 heterocycles. The molecule has 8 nitrogen and oxygen atoms in total. The van der Waals surface area contributed by atoms with Gasteiger partial charge in [-0.1, -0.05) is 0 Å². The Morgan fingerprint density at radius 2 is 2.19 bits per heavy atom. The molecule has 1 atom stereocenters. The van der Waals surface area contributed by atoms with E-state index in [1.165, 1.54) is 13.2 Å². The fraction of sp³-hybridized carbons (Fsp3) is 0.588. The number of carbonyl (C=O) groups is 1. The fourth-order valence-corrected chi connectivity index (χ4v) is 3.21. The number of benzene rings is 1. The molecule has 1 aromatic carbocycles. The second kappa shape index (κ2) is 9.45. The predicted octanol–water partition coefficient (Wildman–Crippen LogP) is 2.55. The van der Waals surface area contributed by atoms with Crippen molar-refractivity contribution in [1.29, 1.82) is 0 Å². The van der Waals surface area contributed by atoms with E-state index in [2.05, 4.69) is 10.1 Å². The van der Waals surface area contributed by atoms with Gasteiger partial charge in [-0.3, -0.25) is 19.8 Å². The van der Waals surface area contributed by atoms with Crippen LogP contribution in [0.2, 0.25) is 0 Å². The molecule has 27 heavy (non-hydrogen) atoms. The summed E-state index contributed by atoms with van der Waals surface area (Å²) in [6.45, 7) is 0.632. The van der Waals surface area contributed by atoms with Crippen LogP contribution in [0.4, 0.5) is 14.5 Å². The van der Waals surface area contributed by atoms with Gasteiger partial charge in [-0.25, -0.2) is 0 Å². The van der Waals surface area contributed by atoms with E-state index < -0.39 is 11.5 Å². The SMILES string of the molecule is CCNC(=O)C1CCCN(Cc2cc(OC)c(OC(F)F)cc2[N+](=O)[O-])C1. The molecule has 10 heteroatoms. The number of ether oxygens (including phenoxy) is 2. The Balaban J connectivity index is 2.23. The molecule has 1 aliphatic heterocycles. The summed E-state index contributed by atoms with van der Waals surface area (Å²) in [5.74, 6) is -0.606. The van der Waals surface area contributed by atoms with Crippen LogP contribution in [0, 0.1) is 16.0 Å². The highest BCUT2D eigenvalue weighted by Crippen LogP contribution is 2.36. The maximum atomic E-state index is 12.5. The van der Waals surface area contributed by atoms with Crippen LogP contribution < -0.4 is 14.8 Å². The first-order valence-electron chi connectivity index (χ1n) is 8.65. The van der Waals surface area contributed by atoms with Crippen LogP contribution in [0.15, 0.2) is 12.1 Å². The lowest BCUT2D eigenvalue weighted by Gasteiger charge is -2.32. The summed E-state index contributed by atoms with van der Waals surface area (Å²) >= 11 is 0. The molecule has 1 fully saturated rings. The van der Waals surface area contributed by atoms with Gasteiger partial charge in [0, 0.05) is 25.2 Å². The fourth-order valence-electron chi connectivity index (χ4n) is 3.21. The minimum atomic E-state index is -3.12. The van der Waals surface area contributed by atoms with Gasteiger partial charge < -0.3 is 14.8 Å². The molecular formula is C17H23F2N3O5. The van der Waals surface area contributed by atoms with Crippen molar-refractivity contribution in [2.24, 2.45) is 5.92 Å². The molecule has 2 rings (SSSR count). The number of carbonyl (C=O) groups excluding carboxylic acids is 1. The molecule has 1 amide bonds. The van der Waals surface area contributed by atoms with Crippen molar-refractivity contribution in [3.05, 3.63) is 27.8 Å². The van der Waals surface area contributed by atoms with E-state index in [0.29, 0.717) is 25.2 Å². The summed E-state index contributed by atoms with van der Waals surface area (Å²) in [6, 6.07) is 2.29. The lowest BCUT2D eigenvalue weighted by atomic mass is 9.96. The maximum absolute atomic E-state index is 12.5. The second-order valence-electron chi connectivity index (χ2n) is 6.24. The topological polar surface area (TPSA) is 93.9 Å². The molecule has 0 saturated carbocycles. The second-order valence-corrected chi connectivity index (χ2v) is 6.24. The summed E-state index contributed by atoms with van der Waals surface area (Å²) in [4.78, 5) is 24.8. The summed E-state index contributed by atoms with van der Waals surface area (Å²) in [5, 5.41) is 14.2. The third-order valence-electron chi connectivity index (χ3n) is 4.40. The summed E-state index contributed by atoms with van der Waals surface area (Å²) < 4.78 is 34.4. The Hall–Kier alpha value is -2.49. The number of nitrogens with one attached hydrogen (secondary N) is 1. The van der Waals surface area contributed by atoms with Crippen molar-refractivity contribution >= 4 is 11.6 Å². The molecule has 1 N–H and O–H groups in total. The van der Waals surface area contributed by atoms with Crippen molar-refractivity contribution < 1.29 is 28.0 Å². The molecule has 1 aliphatic rings. The number of amides is 1. The highest BCUT2D eigenvalue weighted by atomic mass is 19.3. The van der Waals surface area contributed by atoms with Gasteiger partial charge in [0.05, 0.1) is 24.0 Å². The first-order chi connectivity index (χ1) is 12.8. The van der Waals surface area contributed by atoms with E-state index in [-0.39, 0.29) is 35.6 Å². The minimum Gasteiger partial charge on any atom is -0.493 e. The van der Waals surface area contributed by atoms with Crippen LogP contribution in [0.25, 0.3) is 0 Å². The number of likely N-dealkylation sites (tertiary alicyclic amines) is 1. The Morgan fingerprint density at radius 1 is 1.44 bits per heavy atom. The van der Waals surface area contributed by atoms with Crippen molar-refractivity contribution in [1.82, 2.24) is 10.2 Å². The number of nitro benzene ring substituents is 1. The smallest absolute Gasteiger partial charge is 0.387 e. The molecule has 150 valence electrons. The summed E-state index contributed by atoms with van der Waals surface area (Å²) in [6.07, 6.45) is 1.55. The highest BCUT2D eigenvalue weighted by molar-refractivity contribution is 5.78. The maximum Gasteiger partial charge on any atom is 0.387 e. The Bertz CT molecular complexity index is 687. The van der Waals surface area contributed by atoms with Gasteiger partial charge in [-0.2, -0.15) is 8.78 Å². The number of nitro groups is 1. The van der Waals surface area contributed by atoms with E-state index in [1.807, 2.05) is 11.8 Å². The number of rotatable bonds is 8. The molecular weight excluding hydrogens is 364 g/mol. The van der Waals surface area contributed by atoms with Gasteiger partial charge in [0.15, 0.2) is 11.5 Å². The monoisotopic (exact) mass is 387 g/mol. The zero-order valence-corrected chi connectivity index (χ0v) is 15.2. The Morgan fingerprint density at radius 3 is 2.78 bits per heavy atom. The predicted molar refractivity (Wildman–Crippen MR) is 93.0 cm³/mol. The van der Waals surface area contributed by atoms with E-state index in [4.69, 9.17) is 4.74 Å². The van der Waals surface area contributed by atoms with Gasteiger partial charge in [0.2, 0.25) is 5.91 Å². The largest absolute Gasteiger partial charge is 0.493 e. The van der Waals surface area contributed by atoms with Crippen LogP contribution in [0.3, 0.4) is 0 Å². The van der Waals surface area contributed by atoms with Gasteiger partial charge in [0.25, 0.3) is 5.69 Å². The molecule has 1 unspecified atom stereocenters. The number of halogens is 2. The lowest BCUT2D eigenvalue weighted by Crippen LogP contribution is -2.42. The molecule has 0 aromatic heterocycles. The van der Waals surface area contributed by atoms with Gasteiger partial charge in [0.1, 0.15) is 0 Å². The first-order valence-corrected chi connectivity index (χ1v) is 8.65. The first kappa shape index (κ1) is 20.8. The van der Waals surface area contributed by atoms with E-state index >= 15 is 0 Å². The zero-order chi connectivity index (χ0) is 20.0. The van der Waals surface area contributed by atoms with E-state index in [0.717, 1.165) is 18.9 Å². The molecule has 1 saturated heterocycles. The van der Waals surface area contributed by atoms with Gasteiger partial charge in [-0.15, -0.1) is 0 Å². The number of piperidine rings is 1. The minimum absolute atomic E-state index is 0.00631. The van der Waals surface area contributed by atoms with E-state index in [1.54, 1.807) is 0 Å². The van der Waals surface area contributed by atoms with Crippen LogP contribution in [0.5, 0.6) is 11.5 Å². The Kier molecular flexibility index (Phi) is 7.28. The quantitative estimate of drug-likeness (QED) is 0.544. The standard InChI is InChI=1S/C17H23F2N3O5/c1-3-20-16(23)11-5-4-6-21(9-11)10-12-7-14(26-2)15(27-17(18)19)8-13(12)22(24)25/h7-8,11,17H,3-6,9-10H2,1-2H3,(H,20,23). The number of hydrogen-bond acceptors (Lipinski definition) is 6. The molecule has 0 bridgehead atoms. The van der Waals surface area contributed by atoms with Gasteiger partial charge >= 0.3 is 6.61 Å². The van der Waals surface area contributed by atoms with Crippen molar-refractivity contribution in [3.8, 4) is 11.5 Å². The van der Waals surface area contributed by atoms with Gasteiger partial charge in [-0.05, 0) is 32.4 Å². The average molecular weight is 387 g/mol. The third-order valence-corrected chi connectivity index (χ3v) is 4.40. The van der Waals surface area contributed by atoms with Crippen molar-refractivity contribution in [2.45, 2.75) is 32.9 Å². The molecule has 0 radical (unpaired) electrons. The van der Waals surface area contributed by atoms with Crippen LogP contribution in [0.1, 0.15) is 25.3 Å². The molecule has 1 aromatic rings. The Labute approximate surface area is 155 Å². The normalized spacial score (nSPS) is 17.6. The zero-order valence-electron chi connectivity index (χ0n) is 15.2. The summed E-state index contributed by atoms with van der Waals surface area (Å²) in [7, 11) is 1.27. The number of alkyl halides is 2. The number of hydrogen-bond donors (Lipinski definition) is 1. The van der Waals surface area contributed by atoms with Crippen molar-refractivity contribution in [3.63, 3.8) is 0 Å². The third kappa shape index (κ3) is 5.49.